The van der Waals surface area contributed by atoms with Crippen LogP contribution in [0.4, 0.5) is 5.69 Å². The molecule has 0 bridgehead atoms. The minimum Gasteiger partial charge on any atom is -0.506 e. The summed E-state index contributed by atoms with van der Waals surface area (Å²) in [5.41, 5.74) is 2.56. The highest BCUT2D eigenvalue weighted by molar-refractivity contribution is 9.10. The van der Waals surface area contributed by atoms with Crippen LogP contribution in [0.15, 0.2) is 50.4 Å². The van der Waals surface area contributed by atoms with Gasteiger partial charge in [0.25, 0.3) is 11.6 Å². The number of hydrogen-bond acceptors (Lipinski definition) is 5. The van der Waals surface area contributed by atoms with Crippen molar-refractivity contribution in [1.29, 1.82) is 0 Å². The van der Waals surface area contributed by atoms with Crippen LogP contribution in [-0.4, -0.2) is 22.2 Å². The molecule has 2 aromatic carbocycles. The van der Waals surface area contributed by atoms with Gasteiger partial charge in [0, 0.05) is 27.7 Å². The molecule has 2 N–H and O–H groups in total. The number of carbonyl (C=O) groups excluding carboxylic acids is 1. The molecule has 0 fully saturated rings. The number of rotatable bonds is 4. The molecule has 0 atom stereocenters. The predicted molar refractivity (Wildman–Crippen MR) is 91.7 cm³/mol. The molecule has 0 aliphatic carbocycles. The van der Waals surface area contributed by atoms with Crippen LogP contribution in [-0.2, 0) is 0 Å². The molecular weight excluding hydrogens is 434 g/mol. The smallest absolute Gasteiger partial charge is 0.271 e. The van der Waals surface area contributed by atoms with Gasteiger partial charge in [0.1, 0.15) is 5.75 Å². The molecule has 0 unspecified atom stereocenters. The molecule has 2 aromatic rings. The summed E-state index contributed by atoms with van der Waals surface area (Å²) in [6, 6.07) is 9.02. The molecule has 9 heteroatoms. The highest BCUT2D eigenvalue weighted by Crippen LogP contribution is 2.31. The summed E-state index contributed by atoms with van der Waals surface area (Å²) in [5, 5.41) is 24.3. The number of phenolic OH excluding ortho intramolecular Hbond substituents is 1. The zero-order chi connectivity index (χ0) is 17.0. The van der Waals surface area contributed by atoms with Gasteiger partial charge in [-0.05, 0) is 34.1 Å². The Balaban J connectivity index is 2.17. The van der Waals surface area contributed by atoms with E-state index < -0.39 is 10.8 Å². The van der Waals surface area contributed by atoms with Crippen molar-refractivity contribution in [1.82, 2.24) is 5.43 Å². The summed E-state index contributed by atoms with van der Waals surface area (Å²) >= 11 is 6.28. The zero-order valence-electron chi connectivity index (χ0n) is 11.4. The lowest BCUT2D eigenvalue weighted by atomic mass is 10.2. The molecule has 0 saturated carbocycles. The molecule has 118 valence electrons. The minimum atomic E-state index is -0.596. The number of aromatic hydroxyl groups is 1. The van der Waals surface area contributed by atoms with E-state index in [1.54, 1.807) is 24.3 Å². The number of non-ortho nitro benzene ring substituents is 1. The van der Waals surface area contributed by atoms with E-state index in [2.05, 4.69) is 42.4 Å². The molecule has 0 heterocycles. The molecule has 7 nitrogen and oxygen atoms in total. The normalized spacial score (nSPS) is 10.7. The van der Waals surface area contributed by atoms with Crippen molar-refractivity contribution in [3.05, 3.63) is 66.6 Å². The van der Waals surface area contributed by atoms with Gasteiger partial charge in [-0.2, -0.15) is 5.10 Å². The maximum atomic E-state index is 11.9. The van der Waals surface area contributed by atoms with Crippen molar-refractivity contribution in [2.24, 2.45) is 5.10 Å². The lowest BCUT2D eigenvalue weighted by Crippen LogP contribution is -2.17. The molecule has 0 aliphatic heterocycles. The Labute approximate surface area is 147 Å². The second-order valence-electron chi connectivity index (χ2n) is 4.33. The monoisotopic (exact) mass is 441 g/mol. The molecule has 0 aliphatic rings. The van der Waals surface area contributed by atoms with Crippen LogP contribution in [0, 0.1) is 10.1 Å². The number of nitro groups is 1. The Morgan fingerprint density at radius 2 is 2.04 bits per heavy atom. The SMILES string of the molecule is O=C(N/N=C/c1cc([N+](=O)[O-])cc(Br)c1O)c1cccc(Br)c1. The fraction of sp³-hybridized carbons (Fsp3) is 0. The van der Waals surface area contributed by atoms with Gasteiger partial charge in [0.05, 0.1) is 15.6 Å². The first-order valence-corrected chi connectivity index (χ1v) is 7.73. The summed E-state index contributed by atoms with van der Waals surface area (Å²) in [4.78, 5) is 22.1. The van der Waals surface area contributed by atoms with Gasteiger partial charge < -0.3 is 5.11 Å². The molecule has 2 rings (SSSR count). The summed E-state index contributed by atoms with van der Waals surface area (Å²) in [6.07, 6.45) is 1.13. The van der Waals surface area contributed by atoms with Gasteiger partial charge >= 0.3 is 0 Å². The van der Waals surface area contributed by atoms with Gasteiger partial charge in [-0.1, -0.05) is 22.0 Å². The Kier molecular flexibility index (Phi) is 5.45. The van der Waals surface area contributed by atoms with E-state index in [1.165, 1.54) is 6.07 Å². The highest BCUT2D eigenvalue weighted by Gasteiger charge is 2.13. The first kappa shape index (κ1) is 17.1. The molecule has 23 heavy (non-hydrogen) atoms. The molecular formula is C14H9Br2N3O4. The zero-order valence-corrected chi connectivity index (χ0v) is 14.5. The molecule has 0 radical (unpaired) electrons. The Morgan fingerprint density at radius 1 is 1.30 bits per heavy atom. The molecule has 0 aromatic heterocycles. The Bertz CT molecular complexity index is 809. The van der Waals surface area contributed by atoms with Crippen molar-refractivity contribution in [3.63, 3.8) is 0 Å². The largest absolute Gasteiger partial charge is 0.506 e. The first-order valence-electron chi connectivity index (χ1n) is 6.14. The number of hydrazone groups is 1. The fourth-order valence-corrected chi connectivity index (χ4v) is 2.53. The predicted octanol–water partition coefficient (Wildman–Crippen LogP) is 3.59. The molecule has 1 amide bonds. The number of carbonyl (C=O) groups is 1. The number of nitrogens with one attached hydrogen (secondary N) is 1. The van der Waals surface area contributed by atoms with Gasteiger partial charge in [0.2, 0.25) is 0 Å². The van der Waals surface area contributed by atoms with E-state index in [0.29, 0.717) is 5.56 Å². The van der Waals surface area contributed by atoms with Crippen molar-refractivity contribution >= 4 is 49.7 Å². The number of phenols is 1. The van der Waals surface area contributed by atoms with E-state index in [1.807, 2.05) is 0 Å². The summed E-state index contributed by atoms with van der Waals surface area (Å²) in [6.45, 7) is 0. The lowest BCUT2D eigenvalue weighted by molar-refractivity contribution is -0.385. The average Bonchev–Trinajstić information content (AvgIpc) is 2.50. The Morgan fingerprint density at radius 3 is 2.70 bits per heavy atom. The number of hydrogen-bond donors (Lipinski definition) is 2. The van der Waals surface area contributed by atoms with Gasteiger partial charge in [0.15, 0.2) is 0 Å². The van der Waals surface area contributed by atoms with Crippen molar-refractivity contribution in [2.45, 2.75) is 0 Å². The number of halogens is 2. The highest BCUT2D eigenvalue weighted by atomic mass is 79.9. The third-order valence-electron chi connectivity index (χ3n) is 2.75. The number of nitrogens with zero attached hydrogens (tertiary/aromatic N) is 2. The second-order valence-corrected chi connectivity index (χ2v) is 6.10. The molecule has 0 saturated heterocycles. The van der Waals surface area contributed by atoms with E-state index in [0.717, 1.165) is 16.8 Å². The van der Waals surface area contributed by atoms with Crippen LogP contribution in [0.25, 0.3) is 0 Å². The van der Waals surface area contributed by atoms with Crippen LogP contribution in [0.3, 0.4) is 0 Å². The number of nitro benzene ring substituents is 1. The second kappa shape index (κ2) is 7.34. The van der Waals surface area contributed by atoms with Crippen molar-refractivity contribution < 1.29 is 14.8 Å². The average molecular weight is 443 g/mol. The summed E-state index contributed by atoms with van der Waals surface area (Å²) in [7, 11) is 0. The maximum Gasteiger partial charge on any atom is 0.271 e. The third kappa shape index (κ3) is 4.36. The van der Waals surface area contributed by atoms with Gasteiger partial charge in [-0.3, -0.25) is 14.9 Å². The number of amides is 1. The molecule has 0 spiro atoms. The summed E-state index contributed by atoms with van der Waals surface area (Å²) in [5.74, 6) is -0.664. The van der Waals surface area contributed by atoms with Crippen molar-refractivity contribution in [2.75, 3.05) is 0 Å². The van der Waals surface area contributed by atoms with Crippen LogP contribution in [0.1, 0.15) is 15.9 Å². The van der Waals surface area contributed by atoms with E-state index in [-0.39, 0.29) is 21.5 Å². The van der Waals surface area contributed by atoms with E-state index in [9.17, 15) is 20.0 Å². The topological polar surface area (TPSA) is 105 Å². The van der Waals surface area contributed by atoms with Crippen LogP contribution < -0.4 is 5.43 Å². The minimum absolute atomic E-state index is 0.0978. The van der Waals surface area contributed by atoms with Crippen LogP contribution >= 0.6 is 31.9 Å². The van der Waals surface area contributed by atoms with E-state index >= 15 is 0 Å². The standard InChI is InChI=1S/C14H9Br2N3O4/c15-10-3-1-2-8(4-10)14(21)18-17-7-9-5-11(19(22)23)6-12(16)13(9)20/h1-7,20H,(H,18,21)/b17-7+. The van der Waals surface area contributed by atoms with Gasteiger partial charge in [-0.25, -0.2) is 5.43 Å². The first-order chi connectivity index (χ1) is 10.9. The fourth-order valence-electron chi connectivity index (χ4n) is 1.66. The van der Waals surface area contributed by atoms with Crippen LogP contribution in [0.2, 0.25) is 0 Å². The van der Waals surface area contributed by atoms with Gasteiger partial charge in [-0.15, -0.1) is 0 Å². The van der Waals surface area contributed by atoms with E-state index in [4.69, 9.17) is 0 Å². The third-order valence-corrected chi connectivity index (χ3v) is 3.84. The maximum absolute atomic E-state index is 11.9. The van der Waals surface area contributed by atoms with Crippen molar-refractivity contribution in [3.8, 4) is 5.75 Å². The van der Waals surface area contributed by atoms with Crippen LogP contribution in [0.5, 0.6) is 5.75 Å². The Hall–Kier alpha value is -2.26. The summed E-state index contributed by atoms with van der Waals surface area (Å²) < 4.78 is 0.904. The number of benzene rings is 2. The quantitative estimate of drug-likeness (QED) is 0.428. The lowest BCUT2D eigenvalue weighted by Gasteiger charge is -2.03.